The molecule has 0 bridgehead atoms. The van der Waals surface area contributed by atoms with Crippen LogP contribution in [0.15, 0.2) is 30.3 Å². The first-order chi connectivity index (χ1) is 10.3. The highest BCUT2D eigenvalue weighted by molar-refractivity contribution is 5.91. The average molecular weight is 303 g/mol. The summed E-state index contributed by atoms with van der Waals surface area (Å²) < 4.78 is 0. The van der Waals surface area contributed by atoms with E-state index in [4.69, 9.17) is 5.73 Å². The fourth-order valence-corrected chi connectivity index (χ4v) is 2.93. The lowest BCUT2D eigenvalue weighted by atomic mass is 9.96. The van der Waals surface area contributed by atoms with E-state index in [1.54, 1.807) is 30.7 Å². The number of nitrogens with zero attached hydrogens (tertiary/aromatic N) is 2. The maximum atomic E-state index is 12.5. The van der Waals surface area contributed by atoms with Crippen LogP contribution in [0.3, 0.4) is 0 Å². The number of piperazine rings is 1. The van der Waals surface area contributed by atoms with Gasteiger partial charge in [0.05, 0.1) is 0 Å². The van der Waals surface area contributed by atoms with Gasteiger partial charge >= 0.3 is 0 Å². The quantitative estimate of drug-likeness (QED) is 0.917. The standard InChI is InChI=1S/C17H25N3O2/c1-17(2)16(22)19(3)11-12-20(17)15(21)10-9-14(18)13-7-5-4-6-8-13/h4-8,14H,9-12,18H2,1-3H3. The van der Waals surface area contributed by atoms with Crippen LogP contribution in [0.4, 0.5) is 0 Å². The lowest BCUT2D eigenvalue weighted by Gasteiger charge is -2.44. The first kappa shape index (κ1) is 16.5. The predicted octanol–water partition coefficient (Wildman–Crippen LogP) is 1.55. The molecule has 1 fully saturated rings. The van der Waals surface area contributed by atoms with Gasteiger partial charge in [-0.3, -0.25) is 9.59 Å². The summed E-state index contributed by atoms with van der Waals surface area (Å²) in [6, 6.07) is 9.62. The highest BCUT2D eigenvalue weighted by Crippen LogP contribution is 2.24. The van der Waals surface area contributed by atoms with Crippen LogP contribution in [0.2, 0.25) is 0 Å². The SMILES string of the molecule is CN1CCN(C(=O)CCC(N)c2ccccc2)C(C)(C)C1=O. The Bertz CT molecular complexity index is 542. The van der Waals surface area contributed by atoms with E-state index in [0.29, 0.717) is 25.9 Å². The van der Waals surface area contributed by atoms with E-state index in [2.05, 4.69) is 0 Å². The summed E-state index contributed by atoms with van der Waals surface area (Å²) in [4.78, 5) is 28.1. The number of carbonyl (C=O) groups is 2. The van der Waals surface area contributed by atoms with Crippen LogP contribution in [-0.2, 0) is 9.59 Å². The van der Waals surface area contributed by atoms with Gasteiger partial charge in [-0.05, 0) is 25.8 Å². The molecule has 1 unspecified atom stereocenters. The lowest BCUT2D eigenvalue weighted by Crippen LogP contribution is -2.63. The molecule has 0 saturated carbocycles. The Hall–Kier alpha value is -1.88. The second kappa shape index (κ2) is 6.48. The molecule has 120 valence electrons. The normalized spacial score (nSPS) is 19.2. The Morgan fingerprint density at radius 2 is 1.91 bits per heavy atom. The Morgan fingerprint density at radius 3 is 2.55 bits per heavy atom. The van der Waals surface area contributed by atoms with Crippen LogP contribution >= 0.6 is 0 Å². The zero-order chi connectivity index (χ0) is 16.3. The number of rotatable bonds is 4. The molecule has 0 radical (unpaired) electrons. The molecule has 1 aliphatic heterocycles. The third-order valence-electron chi connectivity index (χ3n) is 4.40. The molecule has 1 heterocycles. The van der Waals surface area contributed by atoms with Gasteiger partial charge in [0.1, 0.15) is 5.54 Å². The van der Waals surface area contributed by atoms with Crippen molar-refractivity contribution in [2.75, 3.05) is 20.1 Å². The molecule has 5 nitrogen and oxygen atoms in total. The molecule has 2 amide bonds. The highest BCUT2D eigenvalue weighted by Gasteiger charge is 2.42. The molecule has 0 aromatic heterocycles. The minimum Gasteiger partial charge on any atom is -0.342 e. The fraction of sp³-hybridized carbons (Fsp3) is 0.529. The van der Waals surface area contributed by atoms with Crippen LogP contribution in [-0.4, -0.2) is 47.3 Å². The summed E-state index contributed by atoms with van der Waals surface area (Å²) in [5.74, 6) is -0.0164. The molecular formula is C17H25N3O2. The molecule has 1 aromatic rings. The van der Waals surface area contributed by atoms with Crippen molar-refractivity contribution in [2.24, 2.45) is 5.73 Å². The smallest absolute Gasteiger partial charge is 0.247 e. The van der Waals surface area contributed by atoms with Gasteiger partial charge in [0, 0.05) is 32.6 Å². The van der Waals surface area contributed by atoms with Crippen molar-refractivity contribution in [1.29, 1.82) is 0 Å². The molecule has 2 N–H and O–H groups in total. The van der Waals surface area contributed by atoms with Gasteiger partial charge in [-0.2, -0.15) is 0 Å². The Kier molecular flexibility index (Phi) is 4.86. The van der Waals surface area contributed by atoms with Gasteiger partial charge in [-0.15, -0.1) is 0 Å². The van der Waals surface area contributed by atoms with E-state index in [9.17, 15) is 9.59 Å². The minimum atomic E-state index is -0.777. The Morgan fingerprint density at radius 1 is 1.27 bits per heavy atom. The summed E-state index contributed by atoms with van der Waals surface area (Å²) in [7, 11) is 1.78. The number of nitrogens with two attached hydrogens (primary N) is 1. The van der Waals surface area contributed by atoms with E-state index >= 15 is 0 Å². The molecular weight excluding hydrogens is 278 g/mol. The molecule has 0 spiro atoms. The van der Waals surface area contributed by atoms with Gasteiger partial charge < -0.3 is 15.5 Å². The van der Waals surface area contributed by atoms with Gasteiger partial charge in [0.25, 0.3) is 0 Å². The molecule has 1 aromatic carbocycles. The molecule has 2 rings (SSSR count). The topological polar surface area (TPSA) is 66.6 Å². The van der Waals surface area contributed by atoms with Gasteiger partial charge in [-0.25, -0.2) is 0 Å². The monoisotopic (exact) mass is 303 g/mol. The number of likely N-dealkylation sites (N-methyl/N-ethyl adjacent to an activating group) is 1. The first-order valence-electron chi connectivity index (χ1n) is 7.70. The molecule has 22 heavy (non-hydrogen) atoms. The largest absolute Gasteiger partial charge is 0.342 e. The van der Waals surface area contributed by atoms with Gasteiger partial charge in [0.15, 0.2) is 0 Å². The second-order valence-corrected chi connectivity index (χ2v) is 6.39. The zero-order valence-electron chi connectivity index (χ0n) is 13.6. The second-order valence-electron chi connectivity index (χ2n) is 6.39. The maximum Gasteiger partial charge on any atom is 0.247 e. The molecule has 5 heteroatoms. The summed E-state index contributed by atoms with van der Waals surface area (Å²) in [6.07, 6.45) is 0.940. The van der Waals surface area contributed by atoms with Crippen molar-refractivity contribution < 1.29 is 9.59 Å². The molecule has 0 aliphatic carbocycles. The van der Waals surface area contributed by atoms with Crippen LogP contribution in [0.25, 0.3) is 0 Å². The van der Waals surface area contributed by atoms with Crippen molar-refractivity contribution >= 4 is 11.8 Å². The van der Waals surface area contributed by atoms with E-state index in [-0.39, 0.29) is 17.9 Å². The number of amides is 2. The number of hydrogen-bond donors (Lipinski definition) is 1. The van der Waals surface area contributed by atoms with Gasteiger partial charge in [-0.1, -0.05) is 30.3 Å². The van der Waals surface area contributed by atoms with Crippen LogP contribution in [0.5, 0.6) is 0 Å². The summed E-state index contributed by atoms with van der Waals surface area (Å²) in [5, 5.41) is 0. The Labute approximate surface area is 132 Å². The predicted molar refractivity (Wildman–Crippen MR) is 86.0 cm³/mol. The van der Waals surface area contributed by atoms with Crippen molar-refractivity contribution in [3.63, 3.8) is 0 Å². The van der Waals surface area contributed by atoms with Gasteiger partial charge in [0.2, 0.25) is 11.8 Å². The molecule has 1 aliphatic rings. The van der Waals surface area contributed by atoms with Crippen LogP contribution < -0.4 is 5.73 Å². The first-order valence-corrected chi connectivity index (χ1v) is 7.70. The average Bonchev–Trinajstić information content (AvgIpc) is 2.51. The molecule has 1 atom stereocenters. The van der Waals surface area contributed by atoms with E-state index < -0.39 is 5.54 Å². The summed E-state index contributed by atoms with van der Waals surface area (Å²) >= 11 is 0. The number of benzene rings is 1. The zero-order valence-corrected chi connectivity index (χ0v) is 13.6. The summed E-state index contributed by atoms with van der Waals surface area (Å²) in [5.41, 5.74) is 6.40. The van der Waals surface area contributed by atoms with Crippen molar-refractivity contribution in [3.8, 4) is 0 Å². The minimum absolute atomic E-state index is 0.00201. The van der Waals surface area contributed by atoms with Crippen molar-refractivity contribution in [3.05, 3.63) is 35.9 Å². The van der Waals surface area contributed by atoms with Crippen LogP contribution in [0, 0.1) is 0 Å². The third kappa shape index (κ3) is 3.30. The highest BCUT2D eigenvalue weighted by atomic mass is 16.2. The van der Waals surface area contributed by atoms with Crippen molar-refractivity contribution in [1.82, 2.24) is 9.80 Å². The molecule has 1 saturated heterocycles. The Balaban J connectivity index is 1.96. The summed E-state index contributed by atoms with van der Waals surface area (Å²) in [6.45, 7) is 4.77. The van der Waals surface area contributed by atoms with E-state index in [1.807, 2.05) is 30.3 Å². The lowest BCUT2D eigenvalue weighted by molar-refractivity contribution is -0.157. The number of carbonyl (C=O) groups excluding carboxylic acids is 2. The van der Waals surface area contributed by atoms with Crippen molar-refractivity contribution in [2.45, 2.75) is 38.3 Å². The van der Waals surface area contributed by atoms with E-state index in [0.717, 1.165) is 5.56 Å². The van der Waals surface area contributed by atoms with E-state index in [1.165, 1.54) is 0 Å². The third-order valence-corrected chi connectivity index (χ3v) is 4.40. The maximum absolute atomic E-state index is 12.5. The number of hydrogen-bond acceptors (Lipinski definition) is 3. The fourth-order valence-electron chi connectivity index (χ4n) is 2.93. The van der Waals surface area contributed by atoms with Crippen LogP contribution in [0.1, 0.15) is 38.3 Å².